The highest BCUT2D eigenvalue weighted by Crippen LogP contribution is 2.18. The lowest BCUT2D eigenvalue weighted by atomic mass is 9.89. The summed E-state index contributed by atoms with van der Waals surface area (Å²) in [5, 5.41) is 20.0. The SMILES string of the molecule is CCC(C)C(C)(O)CNC(=O)NCc1cccc(-n2cccn2)c1. The molecule has 24 heavy (non-hydrogen) atoms. The number of benzene rings is 1. The van der Waals surface area contributed by atoms with Gasteiger partial charge in [-0.3, -0.25) is 0 Å². The number of carbonyl (C=O) groups excluding carboxylic acids is 1. The molecule has 2 rings (SSSR count). The number of amides is 2. The van der Waals surface area contributed by atoms with Gasteiger partial charge in [0.25, 0.3) is 0 Å². The molecule has 0 aliphatic carbocycles. The highest BCUT2D eigenvalue weighted by Gasteiger charge is 2.27. The third-order valence-corrected chi connectivity index (χ3v) is 4.41. The highest BCUT2D eigenvalue weighted by molar-refractivity contribution is 5.73. The van der Waals surface area contributed by atoms with Crippen LogP contribution in [0.2, 0.25) is 0 Å². The topological polar surface area (TPSA) is 79.2 Å². The first-order chi connectivity index (χ1) is 11.4. The van der Waals surface area contributed by atoms with Crippen molar-refractivity contribution in [1.82, 2.24) is 20.4 Å². The summed E-state index contributed by atoms with van der Waals surface area (Å²) in [7, 11) is 0. The van der Waals surface area contributed by atoms with Gasteiger partial charge >= 0.3 is 6.03 Å². The van der Waals surface area contributed by atoms with E-state index in [0.717, 1.165) is 17.7 Å². The Morgan fingerprint density at radius 2 is 2.17 bits per heavy atom. The molecule has 1 aromatic carbocycles. The van der Waals surface area contributed by atoms with Crippen LogP contribution >= 0.6 is 0 Å². The lowest BCUT2D eigenvalue weighted by Crippen LogP contribution is -2.47. The van der Waals surface area contributed by atoms with Gasteiger partial charge in [-0.1, -0.05) is 32.4 Å². The Labute approximate surface area is 142 Å². The molecule has 130 valence electrons. The maximum Gasteiger partial charge on any atom is 0.315 e. The Kier molecular flexibility index (Phi) is 5.98. The molecule has 6 nitrogen and oxygen atoms in total. The quantitative estimate of drug-likeness (QED) is 0.730. The monoisotopic (exact) mass is 330 g/mol. The van der Waals surface area contributed by atoms with E-state index in [1.807, 2.05) is 50.4 Å². The van der Waals surface area contributed by atoms with Crippen LogP contribution in [0.3, 0.4) is 0 Å². The van der Waals surface area contributed by atoms with Crippen LogP contribution < -0.4 is 10.6 Å². The maximum atomic E-state index is 11.9. The number of urea groups is 1. The Morgan fingerprint density at radius 3 is 2.83 bits per heavy atom. The minimum absolute atomic E-state index is 0.114. The fraction of sp³-hybridized carbons (Fsp3) is 0.444. The van der Waals surface area contributed by atoms with Crippen molar-refractivity contribution >= 4 is 6.03 Å². The second-order valence-electron chi connectivity index (χ2n) is 6.32. The van der Waals surface area contributed by atoms with Gasteiger partial charge in [0.15, 0.2) is 0 Å². The predicted molar refractivity (Wildman–Crippen MR) is 93.9 cm³/mol. The summed E-state index contributed by atoms with van der Waals surface area (Å²) < 4.78 is 1.77. The van der Waals surface area contributed by atoms with Crippen molar-refractivity contribution in [3.8, 4) is 5.69 Å². The summed E-state index contributed by atoms with van der Waals surface area (Å²) in [6.45, 7) is 6.37. The van der Waals surface area contributed by atoms with Gasteiger partial charge in [-0.15, -0.1) is 0 Å². The molecule has 0 bridgehead atoms. The first-order valence-electron chi connectivity index (χ1n) is 8.25. The minimum Gasteiger partial charge on any atom is -0.388 e. The largest absolute Gasteiger partial charge is 0.388 e. The van der Waals surface area contributed by atoms with E-state index in [1.165, 1.54) is 0 Å². The summed E-state index contributed by atoms with van der Waals surface area (Å²) in [6.07, 6.45) is 4.45. The van der Waals surface area contributed by atoms with Crippen molar-refractivity contribution in [1.29, 1.82) is 0 Å². The zero-order valence-electron chi connectivity index (χ0n) is 14.5. The number of aliphatic hydroxyl groups is 1. The van der Waals surface area contributed by atoms with E-state index in [0.29, 0.717) is 6.54 Å². The number of hydrogen-bond acceptors (Lipinski definition) is 3. The lowest BCUT2D eigenvalue weighted by Gasteiger charge is -2.29. The molecule has 0 aliphatic heterocycles. The third-order valence-electron chi connectivity index (χ3n) is 4.41. The van der Waals surface area contributed by atoms with E-state index in [1.54, 1.807) is 17.8 Å². The van der Waals surface area contributed by atoms with E-state index in [2.05, 4.69) is 15.7 Å². The fourth-order valence-corrected chi connectivity index (χ4v) is 2.35. The minimum atomic E-state index is -0.911. The van der Waals surface area contributed by atoms with Crippen LogP contribution in [0.25, 0.3) is 5.69 Å². The number of nitrogens with zero attached hydrogens (tertiary/aromatic N) is 2. The van der Waals surface area contributed by atoms with E-state index >= 15 is 0 Å². The highest BCUT2D eigenvalue weighted by atomic mass is 16.3. The average Bonchev–Trinajstić information content (AvgIpc) is 3.12. The first-order valence-corrected chi connectivity index (χ1v) is 8.25. The summed E-state index contributed by atoms with van der Waals surface area (Å²) in [5.74, 6) is 0.114. The van der Waals surface area contributed by atoms with Gasteiger partial charge in [0.05, 0.1) is 11.3 Å². The van der Waals surface area contributed by atoms with E-state index in [9.17, 15) is 9.90 Å². The van der Waals surface area contributed by atoms with Gasteiger partial charge in [0.2, 0.25) is 0 Å². The molecule has 0 saturated carbocycles. The normalized spacial score (nSPS) is 14.7. The molecule has 3 N–H and O–H groups in total. The van der Waals surface area contributed by atoms with Gasteiger partial charge in [0.1, 0.15) is 0 Å². The van der Waals surface area contributed by atoms with Crippen LogP contribution in [-0.2, 0) is 6.54 Å². The second kappa shape index (κ2) is 7.97. The molecule has 0 saturated heterocycles. The van der Waals surface area contributed by atoms with E-state index in [-0.39, 0.29) is 18.5 Å². The fourth-order valence-electron chi connectivity index (χ4n) is 2.35. The summed E-state index contributed by atoms with van der Waals surface area (Å²) >= 11 is 0. The number of rotatable bonds is 7. The van der Waals surface area contributed by atoms with Crippen LogP contribution in [0.5, 0.6) is 0 Å². The van der Waals surface area contributed by atoms with Crippen molar-refractivity contribution in [2.75, 3.05) is 6.54 Å². The third kappa shape index (κ3) is 4.83. The Hall–Kier alpha value is -2.34. The Bertz CT molecular complexity index is 653. The molecule has 2 aromatic rings. The molecule has 2 amide bonds. The molecule has 6 heteroatoms. The van der Waals surface area contributed by atoms with Gasteiger partial charge in [-0.25, -0.2) is 9.48 Å². The molecule has 0 radical (unpaired) electrons. The van der Waals surface area contributed by atoms with Crippen LogP contribution in [0, 0.1) is 5.92 Å². The van der Waals surface area contributed by atoms with E-state index in [4.69, 9.17) is 0 Å². The Balaban J connectivity index is 1.85. The van der Waals surface area contributed by atoms with Crippen molar-refractivity contribution in [3.05, 3.63) is 48.3 Å². The molecule has 2 unspecified atom stereocenters. The second-order valence-corrected chi connectivity index (χ2v) is 6.32. The maximum absolute atomic E-state index is 11.9. The van der Waals surface area contributed by atoms with Crippen molar-refractivity contribution in [2.45, 2.75) is 39.3 Å². The van der Waals surface area contributed by atoms with Crippen LogP contribution in [-0.4, -0.2) is 33.1 Å². The van der Waals surface area contributed by atoms with Gasteiger partial charge in [-0.2, -0.15) is 5.10 Å². The molecular formula is C18H26N4O2. The smallest absolute Gasteiger partial charge is 0.315 e. The molecule has 1 aromatic heterocycles. The summed E-state index contributed by atoms with van der Waals surface area (Å²) in [5.41, 5.74) is 1.01. The zero-order chi connectivity index (χ0) is 17.6. The predicted octanol–water partition coefficient (Wildman–Crippen LogP) is 2.47. The Morgan fingerprint density at radius 1 is 1.38 bits per heavy atom. The lowest BCUT2D eigenvalue weighted by molar-refractivity contribution is 0.00790. The number of carbonyl (C=O) groups is 1. The molecule has 2 atom stereocenters. The average molecular weight is 330 g/mol. The van der Waals surface area contributed by atoms with Crippen molar-refractivity contribution in [2.24, 2.45) is 5.92 Å². The van der Waals surface area contributed by atoms with Crippen molar-refractivity contribution in [3.63, 3.8) is 0 Å². The molecule has 1 heterocycles. The van der Waals surface area contributed by atoms with Crippen LogP contribution in [0.1, 0.15) is 32.8 Å². The standard InChI is InChI=1S/C18H26N4O2/c1-4-14(2)18(3,24)13-20-17(23)19-12-15-7-5-8-16(11-15)22-10-6-9-21-22/h5-11,14,24H,4,12-13H2,1-3H3,(H2,19,20,23). The molecule has 0 spiro atoms. The van der Waals surface area contributed by atoms with Crippen LogP contribution in [0.15, 0.2) is 42.7 Å². The first kappa shape index (κ1) is 18.0. The molecule has 0 fully saturated rings. The summed E-state index contributed by atoms with van der Waals surface area (Å²) in [4.78, 5) is 11.9. The number of hydrogen-bond donors (Lipinski definition) is 3. The van der Waals surface area contributed by atoms with Gasteiger partial charge < -0.3 is 15.7 Å². The zero-order valence-corrected chi connectivity index (χ0v) is 14.5. The molecule has 0 aliphatic rings. The van der Waals surface area contributed by atoms with Crippen molar-refractivity contribution < 1.29 is 9.90 Å². The van der Waals surface area contributed by atoms with E-state index < -0.39 is 5.60 Å². The molecular weight excluding hydrogens is 304 g/mol. The number of nitrogens with one attached hydrogen (secondary N) is 2. The van der Waals surface area contributed by atoms with Crippen LogP contribution in [0.4, 0.5) is 4.79 Å². The van der Waals surface area contributed by atoms with Gasteiger partial charge in [-0.05, 0) is 36.6 Å². The van der Waals surface area contributed by atoms with Gasteiger partial charge in [0, 0.05) is 25.5 Å². The summed E-state index contributed by atoms with van der Waals surface area (Å²) in [6, 6.07) is 9.38. The number of aromatic nitrogens is 2.